The van der Waals surface area contributed by atoms with Crippen molar-refractivity contribution in [3.05, 3.63) is 71.8 Å². The van der Waals surface area contributed by atoms with Crippen LogP contribution in [0.2, 0.25) is 0 Å². The van der Waals surface area contributed by atoms with Gasteiger partial charge < -0.3 is 0 Å². The van der Waals surface area contributed by atoms with Gasteiger partial charge in [0.2, 0.25) is 0 Å². The van der Waals surface area contributed by atoms with Gasteiger partial charge in [0.05, 0.1) is 5.92 Å². The molecule has 0 saturated heterocycles. The predicted octanol–water partition coefficient (Wildman–Crippen LogP) is 6.46. The molecule has 1 aromatic rings. The Morgan fingerprint density at radius 3 is 2.57 bits per heavy atom. The minimum absolute atomic E-state index is 0.236. The van der Waals surface area contributed by atoms with E-state index in [-0.39, 0.29) is 5.92 Å². The van der Waals surface area contributed by atoms with Crippen molar-refractivity contribution < 1.29 is 0 Å². The van der Waals surface area contributed by atoms with Crippen molar-refractivity contribution in [2.45, 2.75) is 51.9 Å². The molecule has 0 heterocycles. The van der Waals surface area contributed by atoms with E-state index in [9.17, 15) is 0 Å². The molecular formula is C23H28. The molecule has 1 aliphatic rings. The first kappa shape index (κ1) is 17.4. The summed E-state index contributed by atoms with van der Waals surface area (Å²) in [6.07, 6.45) is 20.3. The molecule has 23 heavy (non-hydrogen) atoms. The molecular weight excluding hydrogens is 276 g/mol. The first-order valence-corrected chi connectivity index (χ1v) is 9.01. The van der Waals surface area contributed by atoms with E-state index >= 15 is 0 Å². The van der Waals surface area contributed by atoms with Crippen LogP contribution in [0.15, 0.2) is 66.3 Å². The van der Waals surface area contributed by atoms with E-state index in [2.05, 4.69) is 61.3 Å². The van der Waals surface area contributed by atoms with Crippen molar-refractivity contribution in [2.24, 2.45) is 5.92 Å². The van der Waals surface area contributed by atoms with Gasteiger partial charge in [-0.3, -0.25) is 0 Å². The Labute approximate surface area is 142 Å². The van der Waals surface area contributed by atoms with E-state index in [1.165, 1.54) is 50.5 Å². The molecule has 0 radical (unpaired) electrons. The molecule has 1 aliphatic carbocycles. The summed E-state index contributed by atoms with van der Waals surface area (Å²) >= 11 is 0. The molecule has 1 unspecified atom stereocenters. The molecule has 1 aromatic carbocycles. The fraction of sp³-hybridized carbons (Fsp3) is 0.391. The summed E-state index contributed by atoms with van der Waals surface area (Å²) in [5.41, 5.74) is 2.44. The van der Waals surface area contributed by atoms with E-state index < -0.39 is 0 Å². The molecule has 0 heteroatoms. The molecule has 0 N–H and O–H groups in total. The van der Waals surface area contributed by atoms with Gasteiger partial charge >= 0.3 is 0 Å². The topological polar surface area (TPSA) is 0 Å². The van der Waals surface area contributed by atoms with Crippen LogP contribution in [0.5, 0.6) is 0 Å². The first-order valence-electron chi connectivity index (χ1n) is 9.01. The lowest BCUT2D eigenvalue weighted by atomic mass is 9.93. The van der Waals surface area contributed by atoms with E-state index in [1.807, 2.05) is 18.2 Å². The molecule has 1 atom stereocenters. The average molecular weight is 304 g/mol. The van der Waals surface area contributed by atoms with Gasteiger partial charge in [-0.25, -0.2) is 0 Å². The second-order valence-corrected chi connectivity index (χ2v) is 6.12. The lowest BCUT2D eigenvalue weighted by Gasteiger charge is -2.11. The fourth-order valence-electron chi connectivity index (χ4n) is 2.76. The van der Waals surface area contributed by atoms with Crippen molar-refractivity contribution in [3.8, 4) is 11.8 Å². The lowest BCUT2D eigenvalue weighted by molar-refractivity contribution is 0.610. The zero-order chi connectivity index (χ0) is 16.2. The molecule has 0 fully saturated rings. The number of benzene rings is 1. The van der Waals surface area contributed by atoms with E-state index in [0.717, 1.165) is 5.56 Å². The number of unbranched alkanes of at least 4 members (excludes halogenated alkanes) is 6. The van der Waals surface area contributed by atoms with Gasteiger partial charge in [0.25, 0.3) is 0 Å². The Balaban J connectivity index is 1.84. The largest absolute Gasteiger partial charge is 0.0855 e. The third-order valence-corrected chi connectivity index (χ3v) is 4.15. The van der Waals surface area contributed by atoms with Gasteiger partial charge in [0.15, 0.2) is 0 Å². The SMILES string of the molecule is CCCCCCCCC=C1C=CC=CC1C#Cc1ccccc1. The Morgan fingerprint density at radius 2 is 1.74 bits per heavy atom. The zero-order valence-electron chi connectivity index (χ0n) is 14.3. The van der Waals surface area contributed by atoms with Gasteiger partial charge in [-0.2, -0.15) is 0 Å². The number of rotatable bonds is 7. The van der Waals surface area contributed by atoms with Crippen LogP contribution < -0.4 is 0 Å². The molecule has 0 saturated carbocycles. The second-order valence-electron chi connectivity index (χ2n) is 6.12. The highest BCUT2D eigenvalue weighted by atomic mass is 14.1. The third kappa shape index (κ3) is 6.74. The van der Waals surface area contributed by atoms with Gasteiger partial charge in [0.1, 0.15) is 0 Å². The van der Waals surface area contributed by atoms with Crippen LogP contribution in [-0.2, 0) is 0 Å². The van der Waals surface area contributed by atoms with Crippen LogP contribution in [0.4, 0.5) is 0 Å². The van der Waals surface area contributed by atoms with E-state index in [1.54, 1.807) is 0 Å². The Kier molecular flexibility index (Phi) is 8.06. The summed E-state index contributed by atoms with van der Waals surface area (Å²) in [4.78, 5) is 0. The van der Waals surface area contributed by atoms with Crippen LogP contribution in [-0.4, -0.2) is 0 Å². The van der Waals surface area contributed by atoms with Crippen molar-refractivity contribution in [2.75, 3.05) is 0 Å². The Hall–Kier alpha value is -2.00. The summed E-state index contributed by atoms with van der Waals surface area (Å²) in [6.45, 7) is 2.27. The van der Waals surface area contributed by atoms with Crippen LogP contribution >= 0.6 is 0 Å². The summed E-state index contributed by atoms with van der Waals surface area (Å²) in [5.74, 6) is 6.93. The fourth-order valence-corrected chi connectivity index (χ4v) is 2.76. The summed E-state index contributed by atoms with van der Waals surface area (Å²) in [5, 5.41) is 0. The smallest absolute Gasteiger partial charge is 0.0636 e. The average Bonchev–Trinajstić information content (AvgIpc) is 2.61. The van der Waals surface area contributed by atoms with Crippen molar-refractivity contribution in [1.29, 1.82) is 0 Å². The molecule has 0 spiro atoms. The molecule has 0 amide bonds. The van der Waals surface area contributed by atoms with Crippen LogP contribution in [0.1, 0.15) is 57.4 Å². The lowest BCUT2D eigenvalue weighted by Crippen LogP contribution is -1.99. The monoisotopic (exact) mass is 304 g/mol. The van der Waals surface area contributed by atoms with Crippen molar-refractivity contribution >= 4 is 0 Å². The van der Waals surface area contributed by atoms with Crippen LogP contribution in [0.25, 0.3) is 0 Å². The minimum atomic E-state index is 0.236. The highest BCUT2D eigenvalue weighted by Crippen LogP contribution is 2.20. The Bertz CT molecular complexity index is 590. The maximum atomic E-state index is 3.40. The van der Waals surface area contributed by atoms with Gasteiger partial charge in [-0.15, -0.1) is 0 Å². The quantitative estimate of drug-likeness (QED) is 0.400. The molecule has 0 nitrogen and oxygen atoms in total. The number of hydrogen-bond donors (Lipinski definition) is 0. The molecule has 0 bridgehead atoms. The molecule has 0 aliphatic heterocycles. The highest BCUT2D eigenvalue weighted by Gasteiger charge is 2.07. The summed E-state index contributed by atoms with van der Waals surface area (Å²) in [6, 6.07) is 10.2. The normalized spacial score (nSPS) is 18.0. The Morgan fingerprint density at radius 1 is 0.957 bits per heavy atom. The minimum Gasteiger partial charge on any atom is -0.0855 e. The number of allylic oxidation sites excluding steroid dienone is 6. The standard InChI is InChI=1S/C23H28/c1-2-3-4-5-6-7-11-16-22-17-12-13-18-23(22)20-19-21-14-9-8-10-15-21/h8-10,12-18,23H,2-7,11H2,1H3. The zero-order valence-corrected chi connectivity index (χ0v) is 14.3. The molecule has 120 valence electrons. The highest BCUT2D eigenvalue weighted by molar-refractivity contribution is 5.43. The predicted molar refractivity (Wildman–Crippen MR) is 101 cm³/mol. The van der Waals surface area contributed by atoms with Gasteiger partial charge in [-0.1, -0.05) is 99.4 Å². The first-order chi connectivity index (χ1) is 11.4. The van der Waals surface area contributed by atoms with E-state index in [0.29, 0.717) is 0 Å². The van der Waals surface area contributed by atoms with Crippen molar-refractivity contribution in [3.63, 3.8) is 0 Å². The maximum absolute atomic E-state index is 3.40. The number of hydrogen-bond acceptors (Lipinski definition) is 0. The molecule has 2 rings (SSSR count). The van der Waals surface area contributed by atoms with Crippen molar-refractivity contribution in [1.82, 2.24) is 0 Å². The van der Waals surface area contributed by atoms with Gasteiger partial charge in [0, 0.05) is 5.56 Å². The molecule has 0 aromatic heterocycles. The third-order valence-electron chi connectivity index (χ3n) is 4.15. The van der Waals surface area contributed by atoms with Crippen LogP contribution in [0.3, 0.4) is 0 Å². The van der Waals surface area contributed by atoms with Crippen LogP contribution in [0, 0.1) is 17.8 Å². The maximum Gasteiger partial charge on any atom is 0.0636 e. The van der Waals surface area contributed by atoms with Gasteiger partial charge in [-0.05, 0) is 30.5 Å². The van der Waals surface area contributed by atoms with E-state index in [4.69, 9.17) is 0 Å². The summed E-state index contributed by atoms with van der Waals surface area (Å²) < 4.78 is 0. The second kappa shape index (κ2) is 10.7. The summed E-state index contributed by atoms with van der Waals surface area (Å²) in [7, 11) is 0.